The number of hydrogen-bond acceptors (Lipinski definition) is 6. The molecule has 3 aliphatic heterocycles. The molecule has 2 saturated heterocycles. The number of carbonyl (C=O) groups is 1. The molecule has 29 heavy (non-hydrogen) atoms. The van der Waals surface area contributed by atoms with Gasteiger partial charge in [0, 0.05) is 48.9 Å². The van der Waals surface area contributed by atoms with Gasteiger partial charge in [0.05, 0.1) is 36.7 Å². The fourth-order valence-corrected chi connectivity index (χ4v) is 6.59. The van der Waals surface area contributed by atoms with Gasteiger partial charge in [-0.25, -0.2) is 22.5 Å². The molecule has 1 aromatic rings. The molecular formula is C19H30N4O4S2. The monoisotopic (exact) mass is 442 g/mol. The molecule has 2 amide bonds. The van der Waals surface area contributed by atoms with Crippen LogP contribution in [0.15, 0.2) is 0 Å². The lowest BCUT2D eigenvalue weighted by Gasteiger charge is -2.47. The van der Waals surface area contributed by atoms with Crippen LogP contribution in [0.3, 0.4) is 0 Å². The number of rotatable bonds is 2. The van der Waals surface area contributed by atoms with E-state index in [0.29, 0.717) is 71.2 Å². The maximum absolute atomic E-state index is 13.2. The summed E-state index contributed by atoms with van der Waals surface area (Å²) in [7, 11) is -3.20. The Balaban J connectivity index is 1.64. The molecule has 2 fully saturated rings. The molecule has 0 aliphatic carbocycles. The number of aromatic nitrogens is 1. The van der Waals surface area contributed by atoms with E-state index in [2.05, 4.69) is 13.8 Å². The normalized spacial score (nSPS) is 22.9. The summed E-state index contributed by atoms with van der Waals surface area (Å²) in [4.78, 5) is 23.2. The minimum Gasteiger partial charge on any atom is -0.378 e. The highest BCUT2D eigenvalue weighted by atomic mass is 32.2. The lowest BCUT2D eigenvalue weighted by molar-refractivity contribution is 0.0367. The fraction of sp³-hybridized carbons (Fsp3) is 0.789. The second-order valence-electron chi connectivity index (χ2n) is 8.66. The molecule has 10 heteroatoms. The summed E-state index contributed by atoms with van der Waals surface area (Å²) < 4.78 is 31.0. The molecule has 3 aliphatic rings. The average molecular weight is 443 g/mol. The van der Waals surface area contributed by atoms with Crippen LogP contribution >= 0.6 is 11.3 Å². The SMILES string of the molecule is CC(C)c1nc2c(s1)CN(C(=O)N1CCOCC1)CC21CCN(S(C)(=O)=O)CC1. The van der Waals surface area contributed by atoms with E-state index in [9.17, 15) is 13.2 Å². The van der Waals surface area contributed by atoms with Gasteiger partial charge in [-0.3, -0.25) is 0 Å². The van der Waals surface area contributed by atoms with Gasteiger partial charge in [-0.15, -0.1) is 11.3 Å². The third kappa shape index (κ3) is 4.04. The van der Waals surface area contributed by atoms with Crippen LogP contribution in [0.4, 0.5) is 4.79 Å². The molecular weight excluding hydrogens is 412 g/mol. The number of piperidine rings is 1. The van der Waals surface area contributed by atoms with Crippen molar-refractivity contribution in [2.75, 3.05) is 52.2 Å². The third-order valence-electron chi connectivity index (χ3n) is 6.24. The van der Waals surface area contributed by atoms with Gasteiger partial charge < -0.3 is 14.5 Å². The van der Waals surface area contributed by atoms with E-state index in [-0.39, 0.29) is 11.4 Å². The first kappa shape index (κ1) is 21.0. The van der Waals surface area contributed by atoms with E-state index >= 15 is 0 Å². The van der Waals surface area contributed by atoms with Crippen molar-refractivity contribution in [1.29, 1.82) is 0 Å². The molecule has 0 radical (unpaired) electrons. The Morgan fingerprint density at radius 3 is 2.38 bits per heavy atom. The Labute approximate surface area is 176 Å². The van der Waals surface area contributed by atoms with Crippen molar-refractivity contribution in [1.82, 2.24) is 19.1 Å². The molecule has 4 rings (SSSR count). The number of thiazole rings is 1. The van der Waals surface area contributed by atoms with Gasteiger partial charge >= 0.3 is 6.03 Å². The average Bonchev–Trinajstić information content (AvgIpc) is 3.13. The Morgan fingerprint density at radius 1 is 1.14 bits per heavy atom. The number of hydrogen-bond donors (Lipinski definition) is 0. The van der Waals surface area contributed by atoms with Crippen LogP contribution in [-0.4, -0.2) is 85.7 Å². The Bertz CT molecular complexity index is 869. The van der Waals surface area contributed by atoms with Crippen molar-refractivity contribution in [3.8, 4) is 0 Å². The predicted octanol–water partition coefficient (Wildman–Crippen LogP) is 1.83. The maximum Gasteiger partial charge on any atom is 0.320 e. The zero-order valence-electron chi connectivity index (χ0n) is 17.4. The van der Waals surface area contributed by atoms with Crippen LogP contribution in [0, 0.1) is 0 Å². The molecule has 0 atom stereocenters. The number of carbonyl (C=O) groups excluding carboxylic acids is 1. The molecule has 1 aromatic heterocycles. The number of morpholine rings is 1. The van der Waals surface area contributed by atoms with E-state index < -0.39 is 10.0 Å². The summed E-state index contributed by atoms with van der Waals surface area (Å²) in [6.07, 6.45) is 2.66. The standard InChI is InChI=1S/C19H30N4O4S2/c1-14(2)17-20-16-15(28-17)12-22(18(24)21-8-10-27-11-9-21)13-19(16)4-6-23(7-5-19)29(3,25)26/h14H,4-13H2,1-3H3. The second-order valence-corrected chi connectivity index (χ2v) is 11.8. The molecule has 162 valence electrons. The molecule has 0 N–H and O–H groups in total. The zero-order chi connectivity index (χ0) is 20.8. The van der Waals surface area contributed by atoms with Crippen LogP contribution in [0.2, 0.25) is 0 Å². The smallest absolute Gasteiger partial charge is 0.320 e. The van der Waals surface area contributed by atoms with E-state index in [1.165, 1.54) is 6.26 Å². The van der Waals surface area contributed by atoms with Gasteiger partial charge in [0.15, 0.2) is 0 Å². The predicted molar refractivity (Wildman–Crippen MR) is 112 cm³/mol. The number of nitrogens with zero attached hydrogens (tertiary/aromatic N) is 4. The summed E-state index contributed by atoms with van der Waals surface area (Å²) in [6, 6.07) is 0.0587. The molecule has 0 saturated carbocycles. The molecule has 0 bridgehead atoms. The first-order valence-corrected chi connectivity index (χ1v) is 12.9. The van der Waals surface area contributed by atoms with Gasteiger partial charge in [-0.2, -0.15) is 0 Å². The van der Waals surface area contributed by atoms with Crippen LogP contribution < -0.4 is 0 Å². The minimum atomic E-state index is -3.20. The number of fused-ring (bicyclic) bond motifs is 2. The Hall–Kier alpha value is -1.23. The Morgan fingerprint density at radius 2 is 1.79 bits per heavy atom. The van der Waals surface area contributed by atoms with Crippen molar-refractivity contribution >= 4 is 27.4 Å². The first-order valence-electron chi connectivity index (χ1n) is 10.3. The number of urea groups is 1. The summed E-state index contributed by atoms with van der Waals surface area (Å²) >= 11 is 1.71. The quantitative estimate of drug-likeness (QED) is 0.698. The van der Waals surface area contributed by atoms with Crippen molar-refractivity contribution in [2.24, 2.45) is 0 Å². The highest BCUT2D eigenvalue weighted by Crippen LogP contribution is 2.44. The first-order chi connectivity index (χ1) is 13.7. The topological polar surface area (TPSA) is 83.1 Å². The fourth-order valence-electron chi connectivity index (χ4n) is 4.54. The summed E-state index contributed by atoms with van der Waals surface area (Å²) in [6.45, 7) is 8.84. The third-order valence-corrected chi connectivity index (χ3v) is 8.88. The molecule has 0 aromatic carbocycles. The van der Waals surface area contributed by atoms with Gasteiger partial charge in [0.1, 0.15) is 0 Å². The highest BCUT2D eigenvalue weighted by Gasteiger charge is 2.47. The summed E-state index contributed by atoms with van der Waals surface area (Å²) in [5, 5.41) is 1.10. The highest BCUT2D eigenvalue weighted by molar-refractivity contribution is 7.88. The molecule has 8 nitrogen and oxygen atoms in total. The van der Waals surface area contributed by atoms with E-state index in [1.54, 1.807) is 15.6 Å². The van der Waals surface area contributed by atoms with Crippen molar-refractivity contribution in [3.05, 3.63) is 15.6 Å². The van der Waals surface area contributed by atoms with Crippen LogP contribution in [-0.2, 0) is 26.7 Å². The lowest BCUT2D eigenvalue weighted by atomic mass is 9.73. The van der Waals surface area contributed by atoms with Crippen LogP contribution in [0.1, 0.15) is 48.2 Å². The van der Waals surface area contributed by atoms with Crippen molar-refractivity contribution in [3.63, 3.8) is 0 Å². The van der Waals surface area contributed by atoms with Gasteiger partial charge in [0.25, 0.3) is 0 Å². The molecule has 1 spiro atoms. The summed E-state index contributed by atoms with van der Waals surface area (Å²) in [5.74, 6) is 0.335. The largest absolute Gasteiger partial charge is 0.378 e. The minimum absolute atomic E-state index is 0.0587. The van der Waals surface area contributed by atoms with E-state index in [0.717, 1.165) is 15.6 Å². The van der Waals surface area contributed by atoms with Crippen molar-refractivity contribution in [2.45, 2.75) is 44.6 Å². The number of amides is 2. The Kier molecular flexibility index (Phi) is 5.65. The van der Waals surface area contributed by atoms with Gasteiger partial charge in [-0.05, 0) is 12.8 Å². The van der Waals surface area contributed by atoms with Gasteiger partial charge in [0.2, 0.25) is 10.0 Å². The summed E-state index contributed by atoms with van der Waals surface area (Å²) in [5.41, 5.74) is 0.839. The molecule has 0 unspecified atom stereocenters. The number of sulfonamides is 1. The van der Waals surface area contributed by atoms with Crippen LogP contribution in [0.25, 0.3) is 0 Å². The van der Waals surface area contributed by atoms with Crippen molar-refractivity contribution < 1.29 is 17.9 Å². The van der Waals surface area contributed by atoms with Gasteiger partial charge in [-0.1, -0.05) is 13.8 Å². The van der Waals surface area contributed by atoms with Crippen LogP contribution in [0.5, 0.6) is 0 Å². The zero-order valence-corrected chi connectivity index (χ0v) is 19.0. The lowest BCUT2D eigenvalue weighted by Crippen LogP contribution is -2.57. The second kappa shape index (κ2) is 7.79. The van der Waals surface area contributed by atoms with E-state index in [1.807, 2.05) is 9.80 Å². The molecule has 4 heterocycles. The number of ether oxygens (including phenoxy) is 1. The maximum atomic E-state index is 13.2. The van der Waals surface area contributed by atoms with E-state index in [4.69, 9.17) is 9.72 Å².